The molecule has 0 spiro atoms. The van der Waals surface area contributed by atoms with E-state index in [0.717, 1.165) is 13.0 Å². The van der Waals surface area contributed by atoms with Crippen molar-refractivity contribution in [3.05, 3.63) is 46.8 Å². The van der Waals surface area contributed by atoms with Gasteiger partial charge in [0.05, 0.1) is 4.90 Å². The first-order valence-electron chi connectivity index (χ1n) is 7.62. The number of aliphatic hydroxyl groups is 1. The number of rotatable bonds is 5. The minimum absolute atomic E-state index is 0.00208. The van der Waals surface area contributed by atoms with Crippen LogP contribution in [0.4, 0.5) is 10.3 Å². The Labute approximate surface area is 150 Å². The van der Waals surface area contributed by atoms with E-state index in [1.165, 1.54) is 12.1 Å². The van der Waals surface area contributed by atoms with Gasteiger partial charge in [0.25, 0.3) is 5.91 Å². The molecule has 2 atom stereocenters. The number of hydrogen-bond acceptors (Lipinski definition) is 6. The number of primary sulfonamides is 1. The molecule has 0 saturated carbocycles. The zero-order valence-corrected chi connectivity index (χ0v) is 15.2. The molecule has 1 amide bonds. The summed E-state index contributed by atoms with van der Waals surface area (Å²) in [6.07, 6.45) is -3.69. The van der Waals surface area contributed by atoms with Gasteiger partial charge in [0, 0.05) is 22.5 Å². The lowest BCUT2D eigenvalue weighted by Crippen LogP contribution is -2.24. The van der Waals surface area contributed by atoms with Gasteiger partial charge in [-0.25, -0.2) is 27.9 Å². The smallest absolute Gasteiger partial charge is 0.258 e. The lowest BCUT2D eigenvalue weighted by atomic mass is 9.99. The number of nitrogens with zero attached hydrogens (tertiary/aromatic N) is 2. The van der Waals surface area contributed by atoms with Crippen molar-refractivity contribution in [3.8, 4) is 0 Å². The summed E-state index contributed by atoms with van der Waals surface area (Å²) in [5, 5.41) is 17.7. The molecule has 0 saturated heterocycles. The second kappa shape index (κ2) is 7.44. The Morgan fingerprint density at radius 2 is 1.85 bits per heavy atom. The van der Waals surface area contributed by atoms with Gasteiger partial charge in [-0.2, -0.15) is 0 Å². The average Bonchev–Trinajstić information content (AvgIpc) is 2.51. The van der Waals surface area contributed by atoms with Gasteiger partial charge >= 0.3 is 0 Å². The van der Waals surface area contributed by atoms with E-state index in [-0.39, 0.29) is 11.5 Å². The van der Waals surface area contributed by atoms with Crippen LogP contribution in [0.15, 0.2) is 29.2 Å². The van der Waals surface area contributed by atoms with Crippen molar-refractivity contribution in [2.45, 2.75) is 37.9 Å². The van der Waals surface area contributed by atoms with Gasteiger partial charge in [0.2, 0.25) is 16.0 Å². The van der Waals surface area contributed by atoms with E-state index in [2.05, 4.69) is 15.3 Å². The molecule has 0 radical (unpaired) electrons. The maximum Gasteiger partial charge on any atom is 0.258 e. The predicted octanol–water partition coefficient (Wildman–Crippen LogP) is 1.38. The molecule has 26 heavy (non-hydrogen) atoms. The van der Waals surface area contributed by atoms with E-state index in [1.54, 1.807) is 19.9 Å². The van der Waals surface area contributed by atoms with Crippen LogP contribution < -0.4 is 10.5 Å². The zero-order valence-electron chi connectivity index (χ0n) is 14.4. The quantitative estimate of drug-likeness (QED) is 0.715. The topological polar surface area (TPSA) is 135 Å². The molecule has 1 aromatic carbocycles. The molecule has 0 aliphatic rings. The predicted molar refractivity (Wildman–Crippen MR) is 92.8 cm³/mol. The Morgan fingerprint density at radius 1 is 1.27 bits per heavy atom. The average molecular weight is 382 g/mol. The molecule has 1 aromatic heterocycles. The van der Waals surface area contributed by atoms with Gasteiger partial charge in [0.15, 0.2) is 0 Å². The number of amides is 1. The van der Waals surface area contributed by atoms with Crippen LogP contribution >= 0.6 is 0 Å². The van der Waals surface area contributed by atoms with Crippen LogP contribution in [-0.2, 0) is 10.0 Å². The summed E-state index contributed by atoms with van der Waals surface area (Å²) in [6, 6.07) is 5.33. The van der Waals surface area contributed by atoms with Crippen molar-refractivity contribution >= 4 is 21.9 Å². The van der Waals surface area contributed by atoms with Crippen molar-refractivity contribution in [3.63, 3.8) is 0 Å². The number of hydrogen-bond donors (Lipinski definition) is 3. The lowest BCUT2D eigenvalue weighted by molar-refractivity contribution is 0.0832. The summed E-state index contributed by atoms with van der Waals surface area (Å²) in [5.74, 6) is -0.794. The van der Waals surface area contributed by atoms with Crippen LogP contribution in [-0.4, -0.2) is 35.6 Å². The first kappa shape index (κ1) is 19.9. The number of alkyl halides is 1. The van der Waals surface area contributed by atoms with Gasteiger partial charge < -0.3 is 5.11 Å². The second-order valence-electron chi connectivity index (χ2n) is 5.81. The highest BCUT2D eigenvalue weighted by Gasteiger charge is 2.29. The van der Waals surface area contributed by atoms with Crippen molar-refractivity contribution in [1.29, 1.82) is 0 Å². The Bertz CT molecular complexity index is 927. The Hall–Kier alpha value is -2.43. The van der Waals surface area contributed by atoms with E-state index < -0.39 is 38.7 Å². The maximum absolute atomic E-state index is 13.7. The minimum Gasteiger partial charge on any atom is -0.385 e. The molecule has 2 rings (SSSR count). The molecule has 2 aromatic rings. The third-order valence-corrected chi connectivity index (χ3v) is 4.52. The highest BCUT2D eigenvalue weighted by atomic mass is 32.2. The van der Waals surface area contributed by atoms with Crippen LogP contribution in [0.2, 0.25) is 0 Å². The summed E-state index contributed by atoms with van der Waals surface area (Å²) in [5.41, 5.74) is 0.579. The first-order valence-corrected chi connectivity index (χ1v) is 9.17. The number of carbonyl (C=O) groups excluding carboxylic acids is 1. The summed E-state index contributed by atoms with van der Waals surface area (Å²) < 4.78 is 37.3. The summed E-state index contributed by atoms with van der Waals surface area (Å²) in [4.78, 5) is 20.2. The van der Waals surface area contributed by atoms with Gasteiger partial charge in [-0.05, 0) is 39.0 Å². The van der Waals surface area contributed by atoms with Crippen LogP contribution in [0.5, 0.6) is 0 Å². The molecule has 140 valence electrons. The van der Waals surface area contributed by atoms with Crippen LogP contribution in [0.1, 0.15) is 40.3 Å². The molecule has 0 aliphatic heterocycles. The Morgan fingerprint density at radius 3 is 2.35 bits per heavy atom. The second-order valence-corrected chi connectivity index (χ2v) is 7.34. The molecule has 0 aliphatic carbocycles. The number of halogens is 1. The van der Waals surface area contributed by atoms with Gasteiger partial charge in [-0.3, -0.25) is 10.1 Å². The SMILES string of the molecule is Cc1cc(C)nc(NC(=O)c2cccc(S(N)(=O)=O)c2C(O)C(C)F)n1. The number of anilines is 1. The lowest BCUT2D eigenvalue weighted by Gasteiger charge is -2.19. The Kier molecular flexibility index (Phi) is 5.69. The number of carbonyl (C=O) groups is 1. The van der Waals surface area contributed by atoms with Crippen molar-refractivity contribution in [1.82, 2.24) is 9.97 Å². The molecule has 1 heterocycles. The van der Waals surface area contributed by atoms with Crippen molar-refractivity contribution in [2.75, 3.05) is 5.32 Å². The number of benzene rings is 1. The van der Waals surface area contributed by atoms with Crippen LogP contribution in [0.3, 0.4) is 0 Å². The van der Waals surface area contributed by atoms with Crippen molar-refractivity contribution < 1.29 is 22.7 Å². The fourth-order valence-corrected chi connectivity index (χ4v) is 3.28. The van der Waals surface area contributed by atoms with Gasteiger partial charge in [-0.15, -0.1) is 0 Å². The third kappa shape index (κ3) is 4.40. The number of nitrogens with one attached hydrogen (secondary N) is 1. The number of aromatic nitrogens is 2. The highest BCUT2D eigenvalue weighted by Crippen LogP contribution is 2.29. The van der Waals surface area contributed by atoms with E-state index >= 15 is 0 Å². The number of sulfonamides is 1. The molecule has 0 fully saturated rings. The van der Waals surface area contributed by atoms with Gasteiger partial charge in [0.1, 0.15) is 12.3 Å². The molecule has 4 N–H and O–H groups in total. The number of aryl methyl sites for hydroxylation is 2. The molecule has 0 bridgehead atoms. The van der Waals surface area contributed by atoms with E-state index in [4.69, 9.17) is 5.14 Å². The normalized spacial score (nSPS) is 13.9. The molecular formula is C16H19FN4O4S. The third-order valence-electron chi connectivity index (χ3n) is 3.56. The monoisotopic (exact) mass is 382 g/mol. The standard InChI is InChI=1S/C16H19FN4O4S/c1-8-7-9(2)20-16(19-8)21-15(23)11-5-4-6-12(26(18,24)25)13(11)14(22)10(3)17/h4-7,10,14,22H,1-3H3,(H2,18,24,25)(H,19,20,21,23). The van der Waals surface area contributed by atoms with E-state index in [9.17, 15) is 22.7 Å². The molecular weight excluding hydrogens is 363 g/mol. The maximum atomic E-state index is 13.7. The summed E-state index contributed by atoms with van der Waals surface area (Å²) >= 11 is 0. The highest BCUT2D eigenvalue weighted by molar-refractivity contribution is 7.89. The Balaban J connectivity index is 2.56. The fourth-order valence-electron chi connectivity index (χ4n) is 2.48. The van der Waals surface area contributed by atoms with Crippen molar-refractivity contribution in [2.24, 2.45) is 5.14 Å². The first-order chi connectivity index (χ1) is 12.0. The van der Waals surface area contributed by atoms with E-state index in [0.29, 0.717) is 11.4 Å². The molecule has 2 unspecified atom stereocenters. The van der Waals surface area contributed by atoms with Gasteiger partial charge in [-0.1, -0.05) is 6.07 Å². The molecule has 10 heteroatoms. The zero-order chi connectivity index (χ0) is 19.6. The van der Waals surface area contributed by atoms with E-state index in [1.807, 2.05) is 0 Å². The van der Waals surface area contributed by atoms with Crippen LogP contribution in [0, 0.1) is 13.8 Å². The summed E-state index contributed by atoms with van der Waals surface area (Å²) in [6.45, 7) is 4.47. The fraction of sp³-hybridized carbons (Fsp3) is 0.312. The largest absolute Gasteiger partial charge is 0.385 e. The number of nitrogens with two attached hydrogens (primary N) is 1. The van der Waals surface area contributed by atoms with Crippen LogP contribution in [0.25, 0.3) is 0 Å². The minimum atomic E-state index is -4.29. The molecule has 8 nitrogen and oxygen atoms in total. The number of aliphatic hydroxyl groups excluding tert-OH is 1. The summed E-state index contributed by atoms with van der Waals surface area (Å²) in [7, 11) is -4.29.